The third-order valence-electron chi connectivity index (χ3n) is 6.85. The third kappa shape index (κ3) is 6.13. The van der Waals surface area contributed by atoms with Crippen molar-refractivity contribution >= 4 is 17.1 Å². The predicted octanol–water partition coefficient (Wildman–Crippen LogP) is 7.62. The fourth-order valence-corrected chi connectivity index (χ4v) is 4.87. The lowest BCUT2D eigenvalue weighted by Crippen LogP contribution is -2.38. The summed E-state index contributed by atoms with van der Waals surface area (Å²) in [7, 11) is 0. The molecule has 1 fully saturated rings. The largest absolute Gasteiger partial charge is 0.490 e. The van der Waals surface area contributed by atoms with E-state index < -0.39 is 17.8 Å². The molecule has 2 heterocycles. The Hall–Kier alpha value is -2.77. The highest BCUT2D eigenvalue weighted by molar-refractivity contribution is 5.95. The number of piperidine rings is 1. The molecule has 4 rings (SSSR count). The van der Waals surface area contributed by atoms with Gasteiger partial charge in [-0.3, -0.25) is 5.01 Å². The lowest BCUT2D eigenvalue weighted by Gasteiger charge is -2.34. The summed E-state index contributed by atoms with van der Waals surface area (Å²) >= 11 is 0. The molecule has 8 heteroatoms. The van der Waals surface area contributed by atoms with E-state index >= 15 is 0 Å². The molecular weight excluding hydrogens is 470 g/mol. The molecule has 0 radical (unpaired) electrons. The first-order valence-corrected chi connectivity index (χ1v) is 13.0. The van der Waals surface area contributed by atoms with Gasteiger partial charge in [0.15, 0.2) is 0 Å². The summed E-state index contributed by atoms with van der Waals surface area (Å²) in [6, 6.07) is 12.0. The maximum absolute atomic E-state index is 14.3. The molecule has 2 aromatic carbocycles. The van der Waals surface area contributed by atoms with Gasteiger partial charge >= 0.3 is 6.18 Å². The second kappa shape index (κ2) is 12.0. The molecule has 0 aliphatic carbocycles. The molecule has 4 nitrogen and oxygen atoms in total. The summed E-state index contributed by atoms with van der Waals surface area (Å²) in [6.45, 7) is 10.9. The number of rotatable bonds is 6. The van der Waals surface area contributed by atoms with Crippen LogP contribution in [0.3, 0.4) is 0 Å². The number of hydrazone groups is 1. The van der Waals surface area contributed by atoms with Crippen LogP contribution in [0, 0.1) is 11.7 Å². The normalized spacial score (nSPS) is 20.6. The quantitative estimate of drug-likeness (QED) is 0.377. The SMILES string of the molecule is CC.CCc1ccc(F)c(N2CCC(Oc3ccc(N4N=C(C(F)(F)F)C(C)[C@@H]4CC)cc3)CC2)c1. The van der Waals surface area contributed by atoms with E-state index in [9.17, 15) is 17.6 Å². The molecule has 0 amide bonds. The standard InChI is InChI=1S/C26H31F4N3O.C2H6/c1-4-18-6-11-22(27)24(16-18)32-14-12-21(13-15-32)34-20-9-7-19(8-10-20)33-23(5-2)17(3)25(31-33)26(28,29)30;1-2/h6-11,16-17,21,23H,4-5,12-15H2,1-3H3;1-2H3/t17?,23-;/m0./s1. The van der Waals surface area contributed by atoms with Gasteiger partial charge in [0.25, 0.3) is 0 Å². The average Bonchev–Trinajstić information content (AvgIpc) is 3.23. The van der Waals surface area contributed by atoms with E-state index in [0.29, 0.717) is 36.6 Å². The zero-order chi connectivity index (χ0) is 26.5. The molecule has 1 unspecified atom stereocenters. The van der Waals surface area contributed by atoms with Crippen molar-refractivity contribution in [2.75, 3.05) is 23.0 Å². The van der Waals surface area contributed by atoms with Crippen LogP contribution in [0.5, 0.6) is 5.75 Å². The monoisotopic (exact) mass is 507 g/mol. The summed E-state index contributed by atoms with van der Waals surface area (Å²) < 4.78 is 60.4. The minimum absolute atomic E-state index is 0.00423. The van der Waals surface area contributed by atoms with Gasteiger partial charge in [-0.2, -0.15) is 18.3 Å². The number of anilines is 2. The molecule has 36 heavy (non-hydrogen) atoms. The fourth-order valence-electron chi connectivity index (χ4n) is 4.87. The van der Waals surface area contributed by atoms with Gasteiger partial charge < -0.3 is 9.64 Å². The van der Waals surface area contributed by atoms with E-state index in [1.165, 1.54) is 11.1 Å². The van der Waals surface area contributed by atoms with Crippen molar-refractivity contribution in [2.45, 2.75) is 78.6 Å². The van der Waals surface area contributed by atoms with Crippen molar-refractivity contribution in [1.82, 2.24) is 0 Å². The highest BCUT2D eigenvalue weighted by Gasteiger charge is 2.47. The second-order valence-electron chi connectivity index (χ2n) is 9.03. The van der Waals surface area contributed by atoms with Crippen LogP contribution in [0.15, 0.2) is 47.6 Å². The number of hydrogen-bond donors (Lipinski definition) is 0. The smallest absolute Gasteiger partial charge is 0.431 e. The Morgan fingerprint density at radius 1 is 1.00 bits per heavy atom. The lowest BCUT2D eigenvalue weighted by molar-refractivity contribution is -0.0620. The number of aryl methyl sites for hydroxylation is 1. The summed E-state index contributed by atoms with van der Waals surface area (Å²) in [5, 5.41) is 5.39. The highest BCUT2D eigenvalue weighted by atomic mass is 19.4. The van der Waals surface area contributed by atoms with Crippen molar-refractivity contribution in [3.05, 3.63) is 53.8 Å². The van der Waals surface area contributed by atoms with E-state index in [4.69, 9.17) is 4.74 Å². The Kier molecular flexibility index (Phi) is 9.25. The van der Waals surface area contributed by atoms with Gasteiger partial charge in [-0.1, -0.05) is 40.7 Å². The average molecular weight is 508 g/mol. The van der Waals surface area contributed by atoms with Gasteiger partial charge in [-0.25, -0.2) is 4.39 Å². The van der Waals surface area contributed by atoms with Crippen LogP contribution in [0.1, 0.15) is 59.4 Å². The molecule has 1 saturated heterocycles. The minimum Gasteiger partial charge on any atom is -0.490 e. The molecule has 0 spiro atoms. The van der Waals surface area contributed by atoms with E-state index in [1.54, 1.807) is 31.2 Å². The van der Waals surface area contributed by atoms with Gasteiger partial charge in [-0.05, 0) is 54.8 Å². The molecule has 2 aromatic rings. The number of ether oxygens (including phenoxy) is 1. The fraction of sp³-hybridized carbons (Fsp3) is 0.536. The van der Waals surface area contributed by atoms with Crippen LogP contribution < -0.4 is 14.6 Å². The highest BCUT2D eigenvalue weighted by Crippen LogP contribution is 2.37. The van der Waals surface area contributed by atoms with Crippen LogP contribution in [0.2, 0.25) is 0 Å². The summed E-state index contributed by atoms with van der Waals surface area (Å²) in [5.41, 5.74) is 1.64. The first-order chi connectivity index (χ1) is 17.2. The van der Waals surface area contributed by atoms with Crippen molar-refractivity contribution in [3.63, 3.8) is 0 Å². The Bertz CT molecular complexity index is 1010. The molecule has 2 atom stereocenters. The molecule has 0 aromatic heterocycles. The molecule has 2 aliphatic heterocycles. The Labute approximate surface area is 211 Å². The lowest BCUT2D eigenvalue weighted by atomic mass is 9.95. The second-order valence-corrected chi connectivity index (χ2v) is 9.03. The summed E-state index contributed by atoms with van der Waals surface area (Å²) in [4.78, 5) is 2.06. The maximum atomic E-state index is 14.3. The molecule has 2 aliphatic rings. The van der Waals surface area contributed by atoms with Crippen molar-refractivity contribution in [3.8, 4) is 5.75 Å². The van der Waals surface area contributed by atoms with Crippen LogP contribution in [0.4, 0.5) is 28.9 Å². The minimum atomic E-state index is -4.43. The first-order valence-electron chi connectivity index (χ1n) is 13.0. The predicted molar refractivity (Wildman–Crippen MR) is 139 cm³/mol. The third-order valence-corrected chi connectivity index (χ3v) is 6.85. The Balaban J connectivity index is 0.00000176. The van der Waals surface area contributed by atoms with E-state index in [-0.39, 0.29) is 18.0 Å². The molecule has 0 N–H and O–H groups in total. The van der Waals surface area contributed by atoms with E-state index in [2.05, 4.69) is 16.9 Å². The van der Waals surface area contributed by atoms with Crippen LogP contribution in [0.25, 0.3) is 0 Å². The van der Waals surface area contributed by atoms with Crippen molar-refractivity contribution in [2.24, 2.45) is 11.0 Å². The number of halogens is 4. The molecular formula is C28H37F4N3O. The number of hydrogen-bond acceptors (Lipinski definition) is 4. The molecule has 198 valence electrons. The van der Waals surface area contributed by atoms with Gasteiger partial charge in [0.1, 0.15) is 23.4 Å². The molecule has 0 bridgehead atoms. The van der Waals surface area contributed by atoms with E-state index in [1.807, 2.05) is 32.9 Å². The zero-order valence-corrected chi connectivity index (χ0v) is 21.8. The van der Waals surface area contributed by atoms with Gasteiger partial charge in [0.2, 0.25) is 0 Å². The van der Waals surface area contributed by atoms with E-state index in [0.717, 1.165) is 24.8 Å². The van der Waals surface area contributed by atoms with Crippen LogP contribution in [-0.4, -0.2) is 37.1 Å². The Morgan fingerprint density at radius 2 is 1.64 bits per heavy atom. The van der Waals surface area contributed by atoms with Gasteiger partial charge in [0, 0.05) is 31.8 Å². The van der Waals surface area contributed by atoms with Crippen LogP contribution >= 0.6 is 0 Å². The Morgan fingerprint density at radius 3 is 2.19 bits per heavy atom. The zero-order valence-electron chi connectivity index (χ0n) is 21.8. The van der Waals surface area contributed by atoms with Crippen molar-refractivity contribution in [1.29, 1.82) is 0 Å². The van der Waals surface area contributed by atoms with Gasteiger partial charge in [-0.15, -0.1) is 0 Å². The van der Waals surface area contributed by atoms with Crippen LogP contribution in [-0.2, 0) is 6.42 Å². The van der Waals surface area contributed by atoms with Gasteiger partial charge in [0.05, 0.1) is 17.4 Å². The molecule has 0 saturated carbocycles. The summed E-state index contributed by atoms with van der Waals surface area (Å²) in [5.74, 6) is -0.222. The maximum Gasteiger partial charge on any atom is 0.431 e. The topological polar surface area (TPSA) is 28.1 Å². The summed E-state index contributed by atoms with van der Waals surface area (Å²) in [6.07, 6.45) is -1.48. The first kappa shape index (κ1) is 27.8. The number of nitrogens with zero attached hydrogens (tertiary/aromatic N) is 3. The van der Waals surface area contributed by atoms with Crippen molar-refractivity contribution < 1.29 is 22.3 Å². The number of alkyl halides is 3. The number of benzene rings is 2.